The Bertz CT molecular complexity index is 932. The largest absolute Gasteiger partial charge is 0.393 e. The van der Waals surface area contributed by atoms with Gasteiger partial charge in [0.2, 0.25) is 0 Å². The topological polar surface area (TPSA) is 99.4 Å². The molecule has 4 N–H and O–H groups in total. The zero-order valence-electron chi connectivity index (χ0n) is 24.4. The molecule has 6 nitrogen and oxygen atoms in total. The van der Waals surface area contributed by atoms with Crippen molar-refractivity contribution in [3.05, 3.63) is 11.6 Å². The fourth-order valence-corrected chi connectivity index (χ4v) is 10.7. The third kappa shape index (κ3) is 3.51. The predicted molar refractivity (Wildman–Crippen MR) is 142 cm³/mol. The first-order valence-corrected chi connectivity index (χ1v) is 14.6. The van der Waals surface area contributed by atoms with Gasteiger partial charge >= 0.3 is 0 Å². The molecule has 0 aromatic heterocycles. The number of methoxy groups -OCH3 is 1. The van der Waals surface area contributed by atoms with E-state index in [1.54, 1.807) is 21.0 Å². The number of allylic oxidation sites excluding steroid dienone is 1. The second-order valence-corrected chi connectivity index (χ2v) is 15.1. The highest BCUT2D eigenvalue weighted by Gasteiger charge is 2.75. The van der Waals surface area contributed by atoms with E-state index in [1.165, 1.54) is 0 Å². The van der Waals surface area contributed by atoms with Crippen LogP contribution in [0.15, 0.2) is 11.6 Å². The van der Waals surface area contributed by atoms with Gasteiger partial charge in [0.1, 0.15) is 12.2 Å². The van der Waals surface area contributed by atoms with E-state index in [-0.39, 0.29) is 33.5 Å². The van der Waals surface area contributed by atoms with Crippen molar-refractivity contribution in [2.75, 3.05) is 13.7 Å². The molecule has 0 aromatic rings. The molecule has 6 aliphatic rings. The highest BCUT2D eigenvalue weighted by Crippen LogP contribution is 2.77. The van der Waals surface area contributed by atoms with Crippen LogP contribution in [0.1, 0.15) is 93.4 Å². The molecule has 0 amide bonds. The lowest BCUT2D eigenvalue weighted by Crippen LogP contribution is -2.75. The normalized spacial score (nSPS) is 50.7. The van der Waals surface area contributed by atoms with E-state index in [0.717, 1.165) is 44.1 Å². The Morgan fingerprint density at radius 3 is 2.27 bits per heavy atom. The van der Waals surface area contributed by atoms with E-state index >= 15 is 0 Å². The summed E-state index contributed by atoms with van der Waals surface area (Å²) in [6.45, 7) is 15.5. The maximum atomic E-state index is 12.0. The smallest absolute Gasteiger partial charge is 0.170 e. The summed E-state index contributed by atoms with van der Waals surface area (Å²) in [6, 6.07) is 0. The van der Waals surface area contributed by atoms with Crippen molar-refractivity contribution in [2.24, 2.45) is 45.3 Å². The first-order valence-electron chi connectivity index (χ1n) is 14.6. The lowest BCUT2D eigenvalue weighted by atomic mass is 9.33. The first-order chi connectivity index (χ1) is 17.0. The number of aliphatic hydroxyl groups excluding tert-OH is 3. The molecule has 4 saturated carbocycles. The highest BCUT2D eigenvalue weighted by atomic mass is 16.6. The Morgan fingerprint density at radius 1 is 1.03 bits per heavy atom. The summed E-state index contributed by atoms with van der Waals surface area (Å²) in [5.74, 6) is 0.0472. The molecule has 6 rings (SSSR count). The zero-order chi connectivity index (χ0) is 27.4. The van der Waals surface area contributed by atoms with Crippen LogP contribution in [0, 0.1) is 45.3 Å². The maximum Gasteiger partial charge on any atom is 0.170 e. The molecule has 2 bridgehead atoms. The lowest BCUT2D eigenvalue weighted by Gasteiger charge is -2.74. The molecule has 37 heavy (non-hydrogen) atoms. The number of rotatable bonds is 5. The summed E-state index contributed by atoms with van der Waals surface area (Å²) in [7, 11) is 1.55. The van der Waals surface area contributed by atoms with Crippen LogP contribution in [0.3, 0.4) is 0 Å². The van der Waals surface area contributed by atoms with Crippen molar-refractivity contribution in [1.29, 1.82) is 0 Å². The maximum absolute atomic E-state index is 12.0. The third-order valence-corrected chi connectivity index (χ3v) is 13.4. The quantitative estimate of drug-likeness (QED) is 0.400. The van der Waals surface area contributed by atoms with E-state index in [4.69, 9.17) is 9.47 Å². The Kier molecular flexibility index (Phi) is 6.44. The molecule has 2 heterocycles. The molecular formula is C31H52O6. The number of hydrogen-bond acceptors (Lipinski definition) is 6. The van der Waals surface area contributed by atoms with Crippen LogP contribution in [-0.2, 0) is 9.47 Å². The van der Waals surface area contributed by atoms with Crippen molar-refractivity contribution in [1.82, 2.24) is 0 Å². The Morgan fingerprint density at radius 2 is 1.68 bits per heavy atom. The summed E-state index contributed by atoms with van der Waals surface area (Å²) in [4.78, 5) is 0. The second-order valence-electron chi connectivity index (χ2n) is 15.1. The molecule has 2 unspecified atom stereocenters. The number of aliphatic hydroxyl groups is 4. The molecule has 6 heteroatoms. The predicted octanol–water partition coefficient (Wildman–Crippen LogP) is 4.43. The van der Waals surface area contributed by atoms with Gasteiger partial charge in [-0.15, -0.1) is 0 Å². The fraction of sp³-hybridized carbons (Fsp3) is 0.935. The summed E-state index contributed by atoms with van der Waals surface area (Å²) < 4.78 is 11.7. The lowest BCUT2D eigenvalue weighted by molar-refractivity contribution is -0.404. The molecule has 0 aromatic carbocycles. The number of fused-ring (bicyclic) bond motifs is 5. The Labute approximate surface area is 223 Å². The van der Waals surface area contributed by atoms with Gasteiger partial charge in [0.15, 0.2) is 5.79 Å². The summed E-state index contributed by atoms with van der Waals surface area (Å²) >= 11 is 0. The van der Waals surface area contributed by atoms with Crippen molar-refractivity contribution in [3.8, 4) is 0 Å². The average molecular weight is 521 g/mol. The fourth-order valence-electron chi connectivity index (χ4n) is 10.7. The summed E-state index contributed by atoms with van der Waals surface area (Å²) in [5, 5.41) is 44.9. The van der Waals surface area contributed by atoms with Crippen LogP contribution in [0.4, 0.5) is 0 Å². The minimum absolute atomic E-state index is 0.0245. The Hall–Kier alpha value is -0.500. The van der Waals surface area contributed by atoms with Gasteiger partial charge in [0.05, 0.1) is 18.3 Å². The molecule has 0 radical (unpaired) electrons. The van der Waals surface area contributed by atoms with Crippen LogP contribution < -0.4 is 0 Å². The van der Waals surface area contributed by atoms with Crippen LogP contribution in [-0.4, -0.2) is 63.8 Å². The van der Waals surface area contributed by atoms with Gasteiger partial charge in [0.25, 0.3) is 0 Å². The van der Waals surface area contributed by atoms with Crippen LogP contribution in [0.25, 0.3) is 0 Å². The van der Waals surface area contributed by atoms with Crippen molar-refractivity contribution in [3.63, 3.8) is 0 Å². The minimum atomic E-state index is -1.05. The van der Waals surface area contributed by atoms with Gasteiger partial charge in [-0.25, -0.2) is 0 Å². The van der Waals surface area contributed by atoms with E-state index in [9.17, 15) is 20.4 Å². The molecule has 4 aliphatic carbocycles. The van der Waals surface area contributed by atoms with Gasteiger partial charge in [-0.05, 0) is 93.8 Å². The highest BCUT2D eigenvalue weighted by molar-refractivity contribution is 5.25. The summed E-state index contributed by atoms with van der Waals surface area (Å²) in [6.07, 6.45) is 6.00. The number of hydrogen-bond donors (Lipinski definition) is 4. The van der Waals surface area contributed by atoms with Crippen LogP contribution in [0.5, 0.6) is 0 Å². The zero-order valence-corrected chi connectivity index (χ0v) is 24.4. The van der Waals surface area contributed by atoms with E-state index in [0.29, 0.717) is 24.9 Å². The average Bonchev–Trinajstić information content (AvgIpc) is 3.17. The number of ether oxygens (including phenoxy) is 2. The monoisotopic (exact) mass is 520 g/mol. The minimum Gasteiger partial charge on any atom is -0.393 e. The second kappa shape index (κ2) is 8.50. The molecular weight excluding hydrogens is 468 g/mol. The molecule has 212 valence electrons. The summed E-state index contributed by atoms with van der Waals surface area (Å²) in [5.41, 5.74) is -0.110. The Balaban J connectivity index is 1.46. The van der Waals surface area contributed by atoms with Gasteiger partial charge in [-0.1, -0.05) is 39.3 Å². The molecule has 1 spiro atoms. The first kappa shape index (κ1) is 28.0. The van der Waals surface area contributed by atoms with Gasteiger partial charge < -0.3 is 29.9 Å². The van der Waals surface area contributed by atoms with Gasteiger partial charge in [0, 0.05) is 24.4 Å². The van der Waals surface area contributed by atoms with Crippen LogP contribution >= 0.6 is 0 Å². The van der Waals surface area contributed by atoms with E-state index < -0.39 is 29.7 Å². The van der Waals surface area contributed by atoms with Crippen LogP contribution in [0.2, 0.25) is 0 Å². The van der Waals surface area contributed by atoms with Crippen molar-refractivity contribution in [2.45, 2.75) is 123 Å². The molecule has 6 fully saturated rings. The SMILES string of the molecule is COC(C)(C)C(O)C(O)/C=C(\C)[C@H]1CC[C@]2(C)[C@@H]1C[C@@H](O)[C@@H]1[C@]34CC[C@](O)(OC3)C(C)(C)[C@@H]4CC[C@]12C. The van der Waals surface area contributed by atoms with Gasteiger partial charge in [-0.3, -0.25) is 0 Å². The standard InChI is InChI=1S/C31H52O6/c1-18(15-22(33)25(34)27(4,5)36-8)19-9-11-28(6)20(19)16-21(32)24-29(28,7)12-10-23-26(2,3)31(35)14-13-30(23,24)17-37-31/h15,19-25,32-35H,9-14,16-17H2,1-8H3/b18-15+/t19-,20-,21-,22?,23+,24+,25?,28-,29-,30-,31+/m1/s1. The molecule has 11 atom stereocenters. The van der Waals surface area contributed by atoms with E-state index in [2.05, 4.69) is 34.6 Å². The van der Waals surface area contributed by atoms with E-state index in [1.807, 2.05) is 6.08 Å². The van der Waals surface area contributed by atoms with Crippen molar-refractivity contribution >= 4 is 0 Å². The third-order valence-electron chi connectivity index (χ3n) is 13.4. The molecule has 2 aliphatic heterocycles. The van der Waals surface area contributed by atoms with Gasteiger partial charge in [-0.2, -0.15) is 0 Å². The molecule has 2 saturated heterocycles. The van der Waals surface area contributed by atoms with Crippen molar-refractivity contribution < 1.29 is 29.9 Å².